The normalized spacial score (nSPS) is 12.2. The highest BCUT2D eigenvalue weighted by molar-refractivity contribution is 6.03. The zero-order chi connectivity index (χ0) is 23.1. The molecule has 0 aliphatic carbocycles. The number of carbonyl (C=O) groups excluding carboxylic acids is 2. The number of ether oxygens (including phenoxy) is 1. The van der Waals surface area contributed by atoms with Crippen molar-refractivity contribution in [3.8, 4) is 5.75 Å². The highest BCUT2D eigenvalue weighted by Crippen LogP contribution is 2.27. The Kier molecular flexibility index (Phi) is 7.54. The minimum atomic E-state index is -0.804. The molecule has 0 spiro atoms. The molecule has 0 aliphatic heterocycles. The molecule has 0 aromatic heterocycles. The molecule has 3 rings (SSSR count). The molecule has 166 valence electrons. The van der Waals surface area contributed by atoms with Crippen LogP contribution in [0.1, 0.15) is 36.7 Å². The van der Waals surface area contributed by atoms with Gasteiger partial charge in [-0.05, 0) is 54.6 Å². The fourth-order valence-electron chi connectivity index (χ4n) is 3.28. The standard InChI is InChI=1S/C25H26FN3O3/c1-4-32-22-14-11-18(20-7-5-6-8-21(20)22)15-27-29-25(31)23(16(2)3)28-24(30)17-9-12-19(26)13-10-17/h5-16,23H,4H2,1-3H3,(H,28,30)(H,29,31). The zero-order valence-electron chi connectivity index (χ0n) is 18.3. The number of rotatable bonds is 8. The maximum atomic E-state index is 13.1. The van der Waals surface area contributed by atoms with Gasteiger partial charge in [0, 0.05) is 16.5 Å². The molecule has 0 heterocycles. The average molecular weight is 435 g/mol. The number of carbonyl (C=O) groups is 2. The van der Waals surface area contributed by atoms with Crippen LogP contribution in [0.5, 0.6) is 5.75 Å². The summed E-state index contributed by atoms with van der Waals surface area (Å²) in [6.07, 6.45) is 1.56. The Morgan fingerprint density at radius 3 is 2.38 bits per heavy atom. The highest BCUT2D eigenvalue weighted by atomic mass is 19.1. The van der Waals surface area contributed by atoms with Crippen molar-refractivity contribution in [2.24, 2.45) is 11.0 Å². The van der Waals surface area contributed by atoms with Crippen molar-refractivity contribution in [2.75, 3.05) is 6.61 Å². The average Bonchev–Trinajstić information content (AvgIpc) is 2.79. The SMILES string of the molecule is CCOc1ccc(C=NNC(=O)C(NC(=O)c2ccc(F)cc2)C(C)C)c2ccccc12. The van der Waals surface area contributed by atoms with Crippen LogP contribution >= 0.6 is 0 Å². The molecule has 0 radical (unpaired) electrons. The van der Waals surface area contributed by atoms with Crippen LogP contribution in [-0.4, -0.2) is 30.7 Å². The molecule has 0 aliphatic rings. The van der Waals surface area contributed by atoms with E-state index >= 15 is 0 Å². The van der Waals surface area contributed by atoms with Gasteiger partial charge in [-0.25, -0.2) is 9.82 Å². The molecule has 0 fully saturated rings. The number of halogens is 1. The van der Waals surface area contributed by atoms with Gasteiger partial charge in [0.05, 0.1) is 12.8 Å². The van der Waals surface area contributed by atoms with Crippen LogP contribution < -0.4 is 15.5 Å². The van der Waals surface area contributed by atoms with Gasteiger partial charge < -0.3 is 10.1 Å². The number of fused-ring (bicyclic) bond motifs is 1. The number of hydrazone groups is 1. The summed E-state index contributed by atoms with van der Waals surface area (Å²) in [5.41, 5.74) is 3.60. The van der Waals surface area contributed by atoms with Gasteiger partial charge in [-0.2, -0.15) is 5.10 Å². The van der Waals surface area contributed by atoms with Crippen LogP contribution in [0.4, 0.5) is 4.39 Å². The fourth-order valence-corrected chi connectivity index (χ4v) is 3.28. The fraction of sp³-hybridized carbons (Fsp3) is 0.240. The maximum Gasteiger partial charge on any atom is 0.262 e. The predicted octanol–water partition coefficient (Wildman–Crippen LogP) is 4.28. The lowest BCUT2D eigenvalue weighted by Crippen LogP contribution is -2.48. The molecule has 6 nitrogen and oxygen atoms in total. The van der Waals surface area contributed by atoms with E-state index in [1.54, 1.807) is 6.21 Å². The van der Waals surface area contributed by atoms with E-state index in [2.05, 4.69) is 15.8 Å². The van der Waals surface area contributed by atoms with Gasteiger partial charge in [0.15, 0.2) is 0 Å². The van der Waals surface area contributed by atoms with Crippen molar-refractivity contribution >= 4 is 28.8 Å². The van der Waals surface area contributed by atoms with Gasteiger partial charge in [0.25, 0.3) is 11.8 Å². The molecule has 1 unspecified atom stereocenters. The number of benzene rings is 3. The third-order valence-corrected chi connectivity index (χ3v) is 4.94. The van der Waals surface area contributed by atoms with Crippen molar-refractivity contribution in [2.45, 2.75) is 26.8 Å². The quantitative estimate of drug-likeness (QED) is 0.409. The first kappa shape index (κ1) is 22.9. The summed E-state index contributed by atoms with van der Waals surface area (Å²) in [6, 6.07) is 15.9. The minimum absolute atomic E-state index is 0.180. The lowest BCUT2D eigenvalue weighted by atomic mass is 10.0. The monoisotopic (exact) mass is 435 g/mol. The predicted molar refractivity (Wildman–Crippen MR) is 123 cm³/mol. The smallest absolute Gasteiger partial charge is 0.262 e. The summed E-state index contributed by atoms with van der Waals surface area (Å²) in [6.45, 7) is 6.13. The molecule has 0 saturated carbocycles. The van der Waals surface area contributed by atoms with Gasteiger partial charge in [0.2, 0.25) is 0 Å². The summed E-state index contributed by atoms with van der Waals surface area (Å²) >= 11 is 0. The molecule has 2 amide bonds. The first-order valence-corrected chi connectivity index (χ1v) is 10.4. The van der Waals surface area contributed by atoms with Crippen molar-refractivity contribution in [3.63, 3.8) is 0 Å². The number of nitrogens with one attached hydrogen (secondary N) is 2. The summed E-state index contributed by atoms with van der Waals surface area (Å²) in [5, 5.41) is 8.68. The van der Waals surface area contributed by atoms with E-state index in [1.807, 2.05) is 57.2 Å². The summed E-state index contributed by atoms with van der Waals surface area (Å²) in [4.78, 5) is 25.1. The van der Waals surface area contributed by atoms with Gasteiger partial charge in [-0.15, -0.1) is 0 Å². The second-order valence-electron chi connectivity index (χ2n) is 7.57. The molecule has 1 atom stereocenters. The Morgan fingerprint density at radius 1 is 1.03 bits per heavy atom. The second kappa shape index (κ2) is 10.5. The number of hydrogen-bond acceptors (Lipinski definition) is 4. The van der Waals surface area contributed by atoms with Gasteiger partial charge in [-0.1, -0.05) is 38.1 Å². The van der Waals surface area contributed by atoms with Crippen LogP contribution in [0, 0.1) is 11.7 Å². The molecule has 7 heteroatoms. The Labute approximate surface area is 186 Å². The van der Waals surface area contributed by atoms with E-state index < -0.39 is 23.7 Å². The van der Waals surface area contributed by atoms with Gasteiger partial charge in [0.1, 0.15) is 17.6 Å². The van der Waals surface area contributed by atoms with E-state index in [9.17, 15) is 14.0 Å². The van der Waals surface area contributed by atoms with E-state index in [1.165, 1.54) is 24.3 Å². The molecular formula is C25H26FN3O3. The lowest BCUT2D eigenvalue weighted by molar-refractivity contribution is -0.123. The molecular weight excluding hydrogens is 409 g/mol. The molecule has 32 heavy (non-hydrogen) atoms. The van der Waals surface area contributed by atoms with Gasteiger partial charge >= 0.3 is 0 Å². The third-order valence-electron chi connectivity index (χ3n) is 4.94. The summed E-state index contributed by atoms with van der Waals surface area (Å²) in [5.74, 6) is -0.730. The number of hydrogen-bond donors (Lipinski definition) is 2. The first-order chi connectivity index (χ1) is 15.4. The van der Waals surface area contributed by atoms with E-state index in [0.717, 1.165) is 22.1 Å². The largest absolute Gasteiger partial charge is 0.493 e. The molecule has 3 aromatic rings. The van der Waals surface area contributed by atoms with Crippen LogP contribution in [-0.2, 0) is 4.79 Å². The maximum absolute atomic E-state index is 13.1. The Bertz CT molecular complexity index is 1130. The van der Waals surface area contributed by atoms with Crippen molar-refractivity contribution in [3.05, 3.63) is 77.6 Å². The second-order valence-corrected chi connectivity index (χ2v) is 7.57. The third kappa shape index (κ3) is 5.49. The Morgan fingerprint density at radius 2 is 1.72 bits per heavy atom. The van der Waals surface area contributed by atoms with Crippen molar-refractivity contribution < 1.29 is 18.7 Å². The Balaban J connectivity index is 1.72. The first-order valence-electron chi connectivity index (χ1n) is 10.4. The topological polar surface area (TPSA) is 79.8 Å². The molecule has 2 N–H and O–H groups in total. The zero-order valence-corrected chi connectivity index (χ0v) is 18.3. The highest BCUT2D eigenvalue weighted by Gasteiger charge is 2.24. The van der Waals surface area contributed by atoms with Crippen molar-refractivity contribution in [1.29, 1.82) is 0 Å². The van der Waals surface area contributed by atoms with E-state index in [-0.39, 0.29) is 11.5 Å². The summed E-state index contributed by atoms with van der Waals surface area (Å²) in [7, 11) is 0. The number of nitrogens with zero attached hydrogens (tertiary/aromatic N) is 1. The summed E-state index contributed by atoms with van der Waals surface area (Å²) < 4.78 is 18.8. The molecule has 0 saturated heterocycles. The Hall–Kier alpha value is -3.74. The number of amides is 2. The lowest BCUT2D eigenvalue weighted by Gasteiger charge is -2.20. The van der Waals surface area contributed by atoms with E-state index in [4.69, 9.17) is 4.74 Å². The van der Waals surface area contributed by atoms with Crippen LogP contribution in [0.15, 0.2) is 65.8 Å². The molecule has 3 aromatic carbocycles. The molecule has 0 bridgehead atoms. The van der Waals surface area contributed by atoms with Crippen LogP contribution in [0.2, 0.25) is 0 Å². The van der Waals surface area contributed by atoms with Crippen LogP contribution in [0.25, 0.3) is 10.8 Å². The van der Waals surface area contributed by atoms with Crippen LogP contribution in [0.3, 0.4) is 0 Å². The van der Waals surface area contributed by atoms with Gasteiger partial charge in [-0.3, -0.25) is 9.59 Å². The van der Waals surface area contributed by atoms with Crippen molar-refractivity contribution in [1.82, 2.24) is 10.7 Å². The minimum Gasteiger partial charge on any atom is -0.493 e. The van der Waals surface area contributed by atoms with E-state index in [0.29, 0.717) is 6.61 Å².